The van der Waals surface area contributed by atoms with Crippen LogP contribution in [0.4, 0.5) is 5.95 Å². The molecule has 1 aliphatic rings. The number of aromatic nitrogens is 3. The van der Waals surface area contributed by atoms with E-state index in [0.717, 1.165) is 48.2 Å². The van der Waals surface area contributed by atoms with Gasteiger partial charge in [0.1, 0.15) is 5.75 Å². The number of anilines is 1. The number of ether oxygens (including phenoxy) is 1. The number of hydrogen-bond donors (Lipinski definition) is 4. The first-order valence-corrected chi connectivity index (χ1v) is 13.6. The van der Waals surface area contributed by atoms with E-state index in [0.29, 0.717) is 23.3 Å². The van der Waals surface area contributed by atoms with Gasteiger partial charge in [0.15, 0.2) is 0 Å². The van der Waals surface area contributed by atoms with Gasteiger partial charge >= 0.3 is 0 Å². The van der Waals surface area contributed by atoms with Gasteiger partial charge in [-0.3, -0.25) is 4.55 Å². The molecule has 38 heavy (non-hydrogen) atoms. The van der Waals surface area contributed by atoms with Gasteiger partial charge in [-0.05, 0) is 67.3 Å². The topological polar surface area (TPSA) is 121 Å². The Hall–Kier alpha value is -3.70. The molecule has 3 atom stereocenters. The second-order valence-electron chi connectivity index (χ2n) is 9.09. The summed E-state index contributed by atoms with van der Waals surface area (Å²) in [7, 11) is 0. The van der Waals surface area contributed by atoms with E-state index in [1.165, 1.54) is 0 Å². The first kappa shape index (κ1) is 25.9. The van der Waals surface area contributed by atoms with Gasteiger partial charge in [-0.15, -0.1) is 0 Å². The summed E-state index contributed by atoms with van der Waals surface area (Å²) in [6.07, 6.45) is 5.59. The molecule has 4 aromatic rings. The number of rotatable bonds is 9. The van der Waals surface area contributed by atoms with Crippen molar-refractivity contribution < 1.29 is 13.5 Å². The van der Waals surface area contributed by atoms with Gasteiger partial charge in [0.2, 0.25) is 23.1 Å². The highest BCUT2D eigenvalue weighted by Gasteiger charge is 2.21. The minimum Gasteiger partial charge on any atom is -0.438 e. The zero-order chi connectivity index (χ0) is 26.3. The molecule has 1 saturated heterocycles. The van der Waals surface area contributed by atoms with Crippen molar-refractivity contribution in [2.24, 2.45) is 0 Å². The summed E-state index contributed by atoms with van der Waals surface area (Å²) in [5.74, 6) is 1.57. The molecule has 0 aliphatic carbocycles. The molecule has 1 unspecified atom stereocenters. The predicted octanol–water partition coefficient (Wildman–Crippen LogP) is 4.62. The first-order chi connectivity index (χ1) is 18.6. The minimum absolute atomic E-state index is 0.286. The molecule has 3 heterocycles. The third-order valence-electron chi connectivity index (χ3n) is 6.53. The van der Waals surface area contributed by atoms with Crippen molar-refractivity contribution in [1.29, 1.82) is 0 Å². The van der Waals surface area contributed by atoms with Crippen molar-refractivity contribution in [3.8, 4) is 22.9 Å². The van der Waals surface area contributed by atoms with Crippen LogP contribution in [-0.2, 0) is 11.3 Å². The number of nitrogens with zero attached hydrogens (tertiary/aromatic N) is 3. The Bertz CT molecular complexity index is 1400. The molecule has 0 amide bonds. The van der Waals surface area contributed by atoms with Crippen LogP contribution >= 0.6 is 0 Å². The van der Waals surface area contributed by atoms with Gasteiger partial charge in [0, 0.05) is 25.0 Å². The molecule has 0 saturated carbocycles. The van der Waals surface area contributed by atoms with E-state index < -0.39 is 17.3 Å². The maximum Gasteiger partial charge on any atom is 0.232 e. The fourth-order valence-corrected chi connectivity index (χ4v) is 5.08. The van der Waals surface area contributed by atoms with Gasteiger partial charge in [-0.1, -0.05) is 42.5 Å². The number of piperidine rings is 1. The Balaban J connectivity index is 1.44. The summed E-state index contributed by atoms with van der Waals surface area (Å²) in [6, 6.07) is 20.6. The molecule has 5 rings (SSSR count). The highest BCUT2D eigenvalue weighted by Crippen LogP contribution is 2.35. The molecule has 1 fully saturated rings. The Morgan fingerprint density at radius 3 is 2.71 bits per heavy atom. The highest BCUT2D eigenvalue weighted by molar-refractivity contribution is 7.77. The Morgan fingerprint density at radius 1 is 1.05 bits per heavy atom. The van der Waals surface area contributed by atoms with Crippen LogP contribution in [0.3, 0.4) is 0 Å². The van der Waals surface area contributed by atoms with Crippen LogP contribution in [0.2, 0.25) is 0 Å². The van der Waals surface area contributed by atoms with Crippen molar-refractivity contribution >= 4 is 17.2 Å². The van der Waals surface area contributed by atoms with Gasteiger partial charge in [0.25, 0.3) is 0 Å². The van der Waals surface area contributed by atoms with E-state index in [1.807, 2.05) is 73.7 Å². The van der Waals surface area contributed by atoms with E-state index in [1.54, 1.807) is 12.4 Å². The van der Waals surface area contributed by atoms with Crippen molar-refractivity contribution in [2.45, 2.75) is 31.8 Å². The zero-order valence-corrected chi connectivity index (χ0v) is 21.8. The largest absolute Gasteiger partial charge is 0.438 e. The standard InChI is InChI=1S/C28H30N6O3S/c1-19-22(26(34-38(35)36)20-8-3-2-4-9-20)11-5-13-25(19)37-27-23(12-7-16-30-27)24-14-17-31-28(33-24)32-21-10-6-15-29-18-21/h2-5,7-9,11-14,16-17,21,26,29,34H,6,10,15,18H2,1H3,(H,35,36)(H,31,32,33)/t21-,26-/m0/s1. The lowest BCUT2D eigenvalue weighted by atomic mass is 9.95. The lowest BCUT2D eigenvalue weighted by Gasteiger charge is -2.23. The van der Waals surface area contributed by atoms with E-state index in [-0.39, 0.29) is 6.04 Å². The number of nitrogens with one attached hydrogen (secondary N) is 3. The van der Waals surface area contributed by atoms with Gasteiger partial charge in [-0.2, -0.15) is 0 Å². The molecule has 0 bridgehead atoms. The number of pyridine rings is 1. The molecule has 9 nitrogen and oxygen atoms in total. The van der Waals surface area contributed by atoms with E-state index in [9.17, 15) is 8.76 Å². The van der Waals surface area contributed by atoms with Crippen molar-refractivity contribution in [1.82, 2.24) is 25.0 Å². The monoisotopic (exact) mass is 530 g/mol. The van der Waals surface area contributed by atoms with Gasteiger partial charge < -0.3 is 15.4 Å². The smallest absolute Gasteiger partial charge is 0.232 e. The van der Waals surface area contributed by atoms with E-state index in [4.69, 9.17) is 9.72 Å². The van der Waals surface area contributed by atoms with Crippen LogP contribution in [0.1, 0.15) is 35.6 Å². The van der Waals surface area contributed by atoms with Crippen LogP contribution in [-0.4, -0.2) is 42.8 Å². The van der Waals surface area contributed by atoms with E-state index in [2.05, 4.69) is 25.3 Å². The summed E-state index contributed by atoms with van der Waals surface area (Å²) < 4.78 is 30.5. The summed E-state index contributed by atoms with van der Waals surface area (Å²) in [4.78, 5) is 13.6. The molecule has 4 N–H and O–H groups in total. The Labute approximate surface area is 224 Å². The van der Waals surface area contributed by atoms with Crippen LogP contribution in [0.25, 0.3) is 11.3 Å². The van der Waals surface area contributed by atoms with Crippen LogP contribution in [0.15, 0.2) is 79.1 Å². The molecule has 196 valence electrons. The molecule has 1 aliphatic heterocycles. The van der Waals surface area contributed by atoms with Crippen LogP contribution in [0.5, 0.6) is 11.6 Å². The summed E-state index contributed by atoms with van der Waals surface area (Å²) in [5.41, 5.74) is 3.94. The van der Waals surface area contributed by atoms with Crippen LogP contribution < -0.4 is 20.1 Å². The molecule has 0 radical (unpaired) electrons. The summed E-state index contributed by atoms with van der Waals surface area (Å²) >= 11 is -2.21. The zero-order valence-electron chi connectivity index (χ0n) is 21.0. The fraction of sp³-hybridized carbons (Fsp3) is 0.250. The van der Waals surface area contributed by atoms with E-state index >= 15 is 0 Å². The fourth-order valence-electron chi connectivity index (χ4n) is 4.62. The van der Waals surface area contributed by atoms with Crippen molar-refractivity contribution in [3.05, 3.63) is 95.8 Å². The van der Waals surface area contributed by atoms with Gasteiger partial charge in [0.05, 0.1) is 17.3 Å². The number of hydrogen-bond acceptors (Lipinski definition) is 7. The third-order valence-corrected chi connectivity index (χ3v) is 6.97. The maximum absolute atomic E-state index is 11.7. The lowest BCUT2D eigenvalue weighted by Crippen LogP contribution is -2.38. The lowest BCUT2D eigenvalue weighted by molar-refractivity contribution is 0.459. The summed E-state index contributed by atoms with van der Waals surface area (Å²) in [5, 5.41) is 6.81. The molecule has 2 aromatic heterocycles. The van der Waals surface area contributed by atoms with Crippen molar-refractivity contribution in [3.63, 3.8) is 0 Å². The second-order valence-corrected chi connectivity index (χ2v) is 9.83. The second kappa shape index (κ2) is 12.2. The normalized spacial score (nSPS) is 16.9. The van der Waals surface area contributed by atoms with Crippen LogP contribution in [0, 0.1) is 6.92 Å². The average molecular weight is 531 g/mol. The van der Waals surface area contributed by atoms with Gasteiger partial charge in [-0.25, -0.2) is 23.9 Å². The predicted molar refractivity (Wildman–Crippen MR) is 148 cm³/mol. The minimum atomic E-state index is -2.21. The third kappa shape index (κ3) is 6.22. The quantitative estimate of drug-likeness (QED) is 0.231. The average Bonchev–Trinajstić information content (AvgIpc) is 2.94. The molecule has 10 heteroatoms. The first-order valence-electron chi connectivity index (χ1n) is 12.5. The SMILES string of the molecule is Cc1c(Oc2ncccc2-c2ccnc(N[C@H]3CCCNC3)n2)cccc1[C@@H](NS(=O)O)c1ccccc1. The Morgan fingerprint density at radius 2 is 1.92 bits per heavy atom. The van der Waals surface area contributed by atoms with Crippen molar-refractivity contribution in [2.75, 3.05) is 18.4 Å². The highest BCUT2D eigenvalue weighted by atomic mass is 32.2. The number of benzene rings is 2. The molecule has 2 aromatic carbocycles. The Kier molecular flexibility index (Phi) is 8.34. The molecular weight excluding hydrogens is 500 g/mol. The molecular formula is C28H30N6O3S. The molecule has 0 spiro atoms. The maximum atomic E-state index is 11.7. The summed E-state index contributed by atoms with van der Waals surface area (Å²) in [6.45, 7) is 3.85.